The Morgan fingerprint density at radius 3 is 2.63 bits per heavy atom. The van der Waals surface area contributed by atoms with Gasteiger partial charge in [0.05, 0.1) is 5.92 Å². The summed E-state index contributed by atoms with van der Waals surface area (Å²) >= 11 is 0. The number of unbranched alkanes of at least 4 members (excludes halogenated alkanes) is 1. The van der Waals surface area contributed by atoms with Crippen molar-refractivity contribution in [2.75, 3.05) is 0 Å². The van der Waals surface area contributed by atoms with Gasteiger partial charge < -0.3 is 5.11 Å². The molecule has 2 nitrogen and oxygen atoms in total. The lowest BCUT2D eigenvalue weighted by Gasteiger charge is -2.08. The van der Waals surface area contributed by atoms with Crippen LogP contribution in [0, 0.1) is 5.92 Å². The van der Waals surface area contributed by atoms with Crippen LogP contribution in [0.5, 0.6) is 0 Å². The molecule has 0 amide bonds. The maximum absolute atomic E-state index is 11.1. The first-order valence-corrected chi connectivity index (χ1v) is 7.15. The van der Waals surface area contributed by atoms with Crippen LogP contribution in [0.1, 0.15) is 44.6 Å². The molecule has 0 saturated heterocycles. The third-order valence-electron chi connectivity index (χ3n) is 3.29. The van der Waals surface area contributed by atoms with Gasteiger partial charge >= 0.3 is 5.97 Å². The van der Waals surface area contributed by atoms with Crippen LogP contribution in [0.3, 0.4) is 0 Å². The number of aryl methyl sites for hydroxylation is 1. The molecule has 0 fully saturated rings. The molecule has 0 aromatic heterocycles. The number of rotatable bonds is 9. The van der Waals surface area contributed by atoms with Crippen molar-refractivity contribution in [2.24, 2.45) is 5.92 Å². The van der Waals surface area contributed by atoms with Crippen LogP contribution < -0.4 is 0 Å². The molecule has 1 atom stereocenters. The summed E-state index contributed by atoms with van der Waals surface area (Å²) in [6.45, 7) is 2.09. The van der Waals surface area contributed by atoms with Gasteiger partial charge in [-0.15, -0.1) is 0 Å². The largest absolute Gasteiger partial charge is 0.481 e. The molecule has 0 aliphatic carbocycles. The van der Waals surface area contributed by atoms with Crippen molar-refractivity contribution in [1.29, 1.82) is 0 Å². The standard InChI is InChI=1S/C17H24O2/c1-2-3-13-16(17(18)19)14-9-5-8-12-15-10-6-4-7-11-15/h4-7,9-11,16H,2-3,8,12-14H2,1H3,(H,18,19). The fourth-order valence-corrected chi connectivity index (χ4v) is 2.07. The monoisotopic (exact) mass is 260 g/mol. The summed E-state index contributed by atoms with van der Waals surface area (Å²) in [5.41, 5.74) is 1.33. The van der Waals surface area contributed by atoms with Gasteiger partial charge in [0.1, 0.15) is 0 Å². The van der Waals surface area contributed by atoms with E-state index in [1.165, 1.54) is 5.56 Å². The van der Waals surface area contributed by atoms with E-state index in [0.29, 0.717) is 6.42 Å². The lowest BCUT2D eigenvalue weighted by molar-refractivity contribution is -0.141. The summed E-state index contributed by atoms with van der Waals surface area (Å²) in [6, 6.07) is 10.4. The molecule has 0 heterocycles. The maximum Gasteiger partial charge on any atom is 0.306 e. The SMILES string of the molecule is CCCCC(CC=CCCc1ccccc1)C(=O)O. The van der Waals surface area contributed by atoms with E-state index in [0.717, 1.165) is 32.1 Å². The van der Waals surface area contributed by atoms with Gasteiger partial charge in [-0.2, -0.15) is 0 Å². The van der Waals surface area contributed by atoms with Gasteiger partial charge in [0.25, 0.3) is 0 Å². The molecule has 1 N–H and O–H groups in total. The van der Waals surface area contributed by atoms with Gasteiger partial charge in [-0.1, -0.05) is 62.2 Å². The fraction of sp³-hybridized carbons (Fsp3) is 0.471. The third-order valence-corrected chi connectivity index (χ3v) is 3.29. The Morgan fingerprint density at radius 1 is 1.26 bits per heavy atom. The minimum atomic E-state index is -0.666. The molecule has 0 aliphatic rings. The number of benzene rings is 1. The maximum atomic E-state index is 11.1. The third kappa shape index (κ3) is 6.80. The average Bonchev–Trinajstić information content (AvgIpc) is 2.42. The van der Waals surface area contributed by atoms with Gasteiger partial charge in [0.15, 0.2) is 0 Å². The highest BCUT2D eigenvalue weighted by Gasteiger charge is 2.14. The van der Waals surface area contributed by atoms with Crippen molar-refractivity contribution in [2.45, 2.75) is 45.4 Å². The molecule has 0 bridgehead atoms. The van der Waals surface area contributed by atoms with Crippen molar-refractivity contribution >= 4 is 5.97 Å². The fourth-order valence-electron chi connectivity index (χ4n) is 2.07. The predicted molar refractivity (Wildman–Crippen MR) is 79.2 cm³/mol. The predicted octanol–water partition coefficient (Wildman–Crippen LogP) is 4.46. The van der Waals surface area contributed by atoms with Crippen LogP contribution in [0.4, 0.5) is 0 Å². The van der Waals surface area contributed by atoms with Gasteiger partial charge in [0.2, 0.25) is 0 Å². The first kappa shape index (κ1) is 15.5. The Morgan fingerprint density at radius 2 is 2.00 bits per heavy atom. The molecule has 0 spiro atoms. The molecule has 1 aromatic carbocycles. The van der Waals surface area contributed by atoms with Crippen LogP contribution in [0.15, 0.2) is 42.5 Å². The van der Waals surface area contributed by atoms with E-state index < -0.39 is 5.97 Å². The lowest BCUT2D eigenvalue weighted by Crippen LogP contribution is -2.12. The van der Waals surface area contributed by atoms with Crippen LogP contribution in [-0.2, 0) is 11.2 Å². The number of carboxylic acid groups (broad SMARTS) is 1. The van der Waals surface area contributed by atoms with E-state index >= 15 is 0 Å². The van der Waals surface area contributed by atoms with E-state index in [4.69, 9.17) is 5.11 Å². The van der Waals surface area contributed by atoms with Gasteiger partial charge in [-0.05, 0) is 31.2 Å². The Hall–Kier alpha value is -1.57. The number of aliphatic carboxylic acids is 1. The van der Waals surface area contributed by atoms with Gasteiger partial charge in [-0.25, -0.2) is 0 Å². The molecule has 1 aromatic rings. The van der Waals surface area contributed by atoms with Crippen LogP contribution in [0.25, 0.3) is 0 Å². The molecule has 0 radical (unpaired) electrons. The molecular formula is C17H24O2. The van der Waals surface area contributed by atoms with Crippen molar-refractivity contribution in [1.82, 2.24) is 0 Å². The first-order valence-electron chi connectivity index (χ1n) is 7.15. The summed E-state index contributed by atoms with van der Waals surface area (Å²) in [5.74, 6) is -0.880. The minimum Gasteiger partial charge on any atom is -0.481 e. The summed E-state index contributed by atoms with van der Waals surface area (Å²) in [6.07, 6.45) is 9.62. The first-order chi connectivity index (χ1) is 9.24. The Kier molecular flexibility index (Phi) is 7.64. The summed E-state index contributed by atoms with van der Waals surface area (Å²) < 4.78 is 0. The smallest absolute Gasteiger partial charge is 0.306 e. The molecule has 19 heavy (non-hydrogen) atoms. The Balaban J connectivity index is 2.26. The minimum absolute atomic E-state index is 0.215. The van der Waals surface area contributed by atoms with E-state index in [1.807, 2.05) is 24.3 Å². The molecular weight excluding hydrogens is 236 g/mol. The Bertz CT molecular complexity index is 382. The van der Waals surface area contributed by atoms with Crippen molar-refractivity contribution in [3.63, 3.8) is 0 Å². The van der Waals surface area contributed by atoms with Crippen molar-refractivity contribution < 1.29 is 9.90 Å². The second-order valence-electron chi connectivity index (χ2n) is 4.91. The highest BCUT2D eigenvalue weighted by Crippen LogP contribution is 2.14. The summed E-state index contributed by atoms with van der Waals surface area (Å²) in [4.78, 5) is 11.1. The topological polar surface area (TPSA) is 37.3 Å². The number of carbonyl (C=O) groups is 1. The number of hydrogen-bond acceptors (Lipinski definition) is 1. The zero-order valence-corrected chi connectivity index (χ0v) is 11.7. The molecule has 2 heteroatoms. The number of hydrogen-bond donors (Lipinski definition) is 1. The van der Waals surface area contributed by atoms with E-state index in [2.05, 4.69) is 25.1 Å². The number of carboxylic acids is 1. The van der Waals surface area contributed by atoms with Crippen LogP contribution in [0.2, 0.25) is 0 Å². The van der Waals surface area contributed by atoms with Crippen molar-refractivity contribution in [3.05, 3.63) is 48.0 Å². The highest BCUT2D eigenvalue weighted by molar-refractivity contribution is 5.70. The lowest BCUT2D eigenvalue weighted by atomic mass is 9.98. The zero-order valence-electron chi connectivity index (χ0n) is 11.7. The van der Waals surface area contributed by atoms with Gasteiger partial charge in [0, 0.05) is 0 Å². The zero-order chi connectivity index (χ0) is 13.9. The average molecular weight is 260 g/mol. The summed E-state index contributed by atoms with van der Waals surface area (Å²) in [7, 11) is 0. The molecule has 1 unspecified atom stereocenters. The molecule has 0 saturated carbocycles. The highest BCUT2D eigenvalue weighted by atomic mass is 16.4. The van der Waals surface area contributed by atoms with Crippen LogP contribution in [-0.4, -0.2) is 11.1 Å². The normalized spacial score (nSPS) is 12.7. The summed E-state index contributed by atoms with van der Waals surface area (Å²) in [5, 5.41) is 9.10. The van der Waals surface area contributed by atoms with E-state index in [-0.39, 0.29) is 5.92 Å². The van der Waals surface area contributed by atoms with Crippen LogP contribution >= 0.6 is 0 Å². The van der Waals surface area contributed by atoms with Crippen molar-refractivity contribution in [3.8, 4) is 0 Å². The molecule has 0 aliphatic heterocycles. The van der Waals surface area contributed by atoms with Gasteiger partial charge in [-0.3, -0.25) is 4.79 Å². The molecule has 1 rings (SSSR count). The van der Waals surface area contributed by atoms with E-state index in [1.54, 1.807) is 0 Å². The van der Waals surface area contributed by atoms with E-state index in [9.17, 15) is 4.79 Å². The second-order valence-corrected chi connectivity index (χ2v) is 4.91. The molecule has 104 valence electrons. The number of allylic oxidation sites excluding steroid dienone is 2. The quantitative estimate of drug-likeness (QED) is 0.666. The Labute approximate surface area is 116 Å². The second kappa shape index (κ2) is 9.37.